The number of nitrogens with zero attached hydrogens (tertiary/aromatic N) is 2. The molecule has 31 heavy (non-hydrogen) atoms. The zero-order valence-corrected chi connectivity index (χ0v) is 20.6. The average molecular weight is 443 g/mol. The molecule has 0 spiro atoms. The summed E-state index contributed by atoms with van der Waals surface area (Å²) in [5.41, 5.74) is 6.10. The largest absolute Gasteiger partial charge is 0.465 e. The molecule has 0 saturated carbocycles. The predicted molar refractivity (Wildman–Crippen MR) is 126 cm³/mol. The zero-order valence-electron chi connectivity index (χ0n) is 19.6. The lowest BCUT2D eigenvalue weighted by atomic mass is 9.83. The topological polar surface area (TPSA) is 70.4 Å². The molecule has 0 aliphatic heterocycles. The molecular weight excluding hydrogens is 408 g/mol. The van der Waals surface area contributed by atoms with E-state index in [1.54, 1.807) is 13.0 Å². The normalized spacial score (nSPS) is 17.2. The van der Waals surface area contributed by atoms with Crippen LogP contribution in [0.2, 0.25) is 25.7 Å². The molecule has 6 nitrogen and oxygen atoms in total. The molecule has 0 N–H and O–H groups in total. The number of fused-ring (bicyclic) bond motifs is 1. The van der Waals surface area contributed by atoms with Crippen LogP contribution >= 0.6 is 0 Å². The molecule has 1 atom stereocenters. The highest BCUT2D eigenvalue weighted by atomic mass is 28.3. The zero-order chi connectivity index (χ0) is 22.8. The Morgan fingerprint density at radius 2 is 2.03 bits per heavy atom. The number of imidazole rings is 1. The molecule has 1 aliphatic rings. The van der Waals surface area contributed by atoms with Crippen molar-refractivity contribution >= 4 is 36.4 Å². The van der Waals surface area contributed by atoms with Crippen LogP contribution in [0, 0.1) is 19.8 Å². The number of benzene rings is 1. The third kappa shape index (κ3) is 5.33. The van der Waals surface area contributed by atoms with E-state index < -0.39 is 20.0 Å². The van der Waals surface area contributed by atoms with E-state index >= 15 is 0 Å². The maximum Gasteiger partial charge on any atom is 0.316 e. The predicted octanol–water partition coefficient (Wildman–Crippen LogP) is 4.89. The molecule has 0 radical (unpaired) electrons. The van der Waals surface area contributed by atoms with E-state index in [0.29, 0.717) is 19.6 Å². The highest BCUT2D eigenvalue weighted by Crippen LogP contribution is 2.36. The lowest BCUT2D eigenvalue weighted by Crippen LogP contribution is -2.27. The maximum absolute atomic E-state index is 12.7. The highest BCUT2D eigenvalue weighted by Gasteiger charge is 2.31. The van der Waals surface area contributed by atoms with Gasteiger partial charge >= 0.3 is 5.97 Å². The summed E-state index contributed by atoms with van der Waals surface area (Å²) in [7, 11) is -1.13. The van der Waals surface area contributed by atoms with Crippen LogP contribution in [0.4, 0.5) is 0 Å². The number of ketones is 1. The van der Waals surface area contributed by atoms with Crippen LogP contribution in [0.1, 0.15) is 36.5 Å². The lowest BCUT2D eigenvalue weighted by Gasteiger charge is -2.21. The molecule has 1 aromatic carbocycles. The van der Waals surface area contributed by atoms with E-state index in [2.05, 4.69) is 44.5 Å². The smallest absolute Gasteiger partial charge is 0.316 e. The van der Waals surface area contributed by atoms with Crippen molar-refractivity contribution in [3.63, 3.8) is 0 Å². The minimum Gasteiger partial charge on any atom is -0.465 e. The van der Waals surface area contributed by atoms with Gasteiger partial charge in [0.1, 0.15) is 12.6 Å². The van der Waals surface area contributed by atoms with Gasteiger partial charge in [0, 0.05) is 20.2 Å². The van der Waals surface area contributed by atoms with Crippen LogP contribution in [0.3, 0.4) is 0 Å². The second-order valence-electron chi connectivity index (χ2n) is 9.54. The van der Waals surface area contributed by atoms with E-state index in [0.717, 1.165) is 45.9 Å². The van der Waals surface area contributed by atoms with Crippen molar-refractivity contribution in [2.75, 3.05) is 13.2 Å². The Balaban J connectivity index is 1.89. The van der Waals surface area contributed by atoms with Gasteiger partial charge < -0.3 is 14.0 Å². The molecule has 0 fully saturated rings. The van der Waals surface area contributed by atoms with Gasteiger partial charge in [-0.15, -0.1) is 0 Å². The van der Waals surface area contributed by atoms with E-state index in [1.807, 2.05) is 10.9 Å². The molecule has 7 heteroatoms. The third-order valence-electron chi connectivity index (χ3n) is 5.92. The van der Waals surface area contributed by atoms with Crippen molar-refractivity contribution in [2.24, 2.45) is 5.92 Å². The summed E-state index contributed by atoms with van der Waals surface area (Å²) in [6, 6.07) is 3.26. The number of esters is 1. The fraction of sp³-hybridized carbons (Fsp3) is 0.542. The monoisotopic (exact) mass is 442 g/mol. The van der Waals surface area contributed by atoms with Crippen LogP contribution in [0.25, 0.3) is 16.6 Å². The van der Waals surface area contributed by atoms with Crippen LogP contribution in [-0.2, 0) is 25.8 Å². The van der Waals surface area contributed by atoms with Gasteiger partial charge in [0.05, 0.1) is 24.0 Å². The highest BCUT2D eigenvalue weighted by molar-refractivity contribution is 6.76. The van der Waals surface area contributed by atoms with Gasteiger partial charge in [-0.2, -0.15) is 0 Å². The van der Waals surface area contributed by atoms with E-state index in [-0.39, 0.29) is 12.4 Å². The van der Waals surface area contributed by atoms with Crippen LogP contribution in [-0.4, -0.2) is 42.6 Å². The third-order valence-corrected chi connectivity index (χ3v) is 7.62. The Kier molecular flexibility index (Phi) is 7.16. The van der Waals surface area contributed by atoms with Gasteiger partial charge in [-0.1, -0.05) is 19.6 Å². The summed E-state index contributed by atoms with van der Waals surface area (Å²) >= 11 is 0. The molecular formula is C24H34N2O4Si. The van der Waals surface area contributed by atoms with E-state index in [4.69, 9.17) is 9.47 Å². The Bertz CT molecular complexity index is 1020. The van der Waals surface area contributed by atoms with Crippen molar-refractivity contribution in [3.05, 3.63) is 35.2 Å². The Morgan fingerprint density at radius 1 is 1.29 bits per heavy atom. The maximum atomic E-state index is 12.7. The fourth-order valence-electron chi connectivity index (χ4n) is 3.92. The summed E-state index contributed by atoms with van der Waals surface area (Å²) in [4.78, 5) is 29.4. The first-order valence-corrected chi connectivity index (χ1v) is 14.8. The van der Waals surface area contributed by atoms with Crippen molar-refractivity contribution in [3.8, 4) is 0 Å². The van der Waals surface area contributed by atoms with Gasteiger partial charge in [0.25, 0.3) is 0 Å². The molecule has 1 heterocycles. The summed E-state index contributed by atoms with van der Waals surface area (Å²) in [5.74, 6) is -1.29. The Hall–Kier alpha value is -2.25. The lowest BCUT2D eigenvalue weighted by molar-refractivity contribution is -0.150. The van der Waals surface area contributed by atoms with Crippen LogP contribution in [0.15, 0.2) is 18.5 Å². The summed E-state index contributed by atoms with van der Waals surface area (Å²) in [6.07, 6.45) is 4.55. The van der Waals surface area contributed by atoms with Crippen LogP contribution < -0.4 is 0 Å². The van der Waals surface area contributed by atoms with Gasteiger partial charge in [0.2, 0.25) is 0 Å². The molecule has 1 unspecified atom stereocenters. The first-order valence-electron chi connectivity index (χ1n) is 11.1. The van der Waals surface area contributed by atoms with Crippen molar-refractivity contribution in [1.82, 2.24) is 9.55 Å². The summed E-state index contributed by atoms with van der Waals surface area (Å²) < 4.78 is 13.0. The molecule has 1 aliphatic carbocycles. The summed E-state index contributed by atoms with van der Waals surface area (Å²) in [6.45, 7) is 14.4. The molecule has 1 aromatic heterocycles. The Morgan fingerprint density at radius 3 is 2.68 bits per heavy atom. The van der Waals surface area contributed by atoms with E-state index in [1.165, 1.54) is 0 Å². The number of carbonyl (C=O) groups excluding carboxylic acids is 2. The second kappa shape index (κ2) is 9.49. The number of ether oxygens (including phenoxy) is 2. The van der Waals surface area contributed by atoms with Gasteiger partial charge in [-0.25, -0.2) is 4.98 Å². The molecule has 168 valence electrons. The van der Waals surface area contributed by atoms with Crippen LogP contribution in [0.5, 0.6) is 0 Å². The number of hydrogen-bond acceptors (Lipinski definition) is 5. The van der Waals surface area contributed by atoms with Crippen molar-refractivity contribution in [2.45, 2.75) is 66.0 Å². The minimum atomic E-state index is -1.13. The van der Waals surface area contributed by atoms with Gasteiger partial charge in [-0.05, 0) is 68.5 Å². The number of aryl methyl sites for hydroxylation is 1. The molecule has 0 bridgehead atoms. The molecule has 2 aromatic rings. The first-order chi connectivity index (χ1) is 14.6. The fourth-order valence-corrected chi connectivity index (χ4v) is 4.68. The Labute approximate surface area is 185 Å². The SMILES string of the molecule is CCOC(=O)C1CCC(c2c(C)c(C)cc3c2ncn3COCC[Si](C)(C)C)=CC1=O. The number of allylic oxidation sites excluding steroid dienone is 2. The minimum absolute atomic E-state index is 0.178. The number of aromatic nitrogens is 2. The second-order valence-corrected chi connectivity index (χ2v) is 15.2. The van der Waals surface area contributed by atoms with Crippen molar-refractivity contribution < 1.29 is 19.1 Å². The molecule has 3 rings (SSSR count). The standard InChI is InChI=1S/C24H34N2O4Si/c1-7-30-24(28)19-9-8-18(13-21(19)27)22-17(3)16(2)12-20-23(22)25-14-26(20)15-29-10-11-31(4,5)6/h12-14,19H,7-11,15H2,1-6H3. The number of hydrogen-bond donors (Lipinski definition) is 0. The molecule has 0 amide bonds. The quantitative estimate of drug-likeness (QED) is 0.252. The van der Waals surface area contributed by atoms with Gasteiger partial charge in [-0.3, -0.25) is 9.59 Å². The molecule has 0 saturated heterocycles. The number of carbonyl (C=O) groups is 2. The van der Waals surface area contributed by atoms with Crippen molar-refractivity contribution in [1.29, 1.82) is 0 Å². The summed E-state index contributed by atoms with van der Waals surface area (Å²) in [5, 5.41) is 0. The van der Waals surface area contributed by atoms with Gasteiger partial charge in [0.15, 0.2) is 5.78 Å². The van der Waals surface area contributed by atoms with E-state index in [9.17, 15) is 9.59 Å². The first kappa shape index (κ1) is 23.4. The average Bonchev–Trinajstić information content (AvgIpc) is 3.07. The number of rotatable bonds is 8.